The van der Waals surface area contributed by atoms with E-state index in [0.29, 0.717) is 0 Å². The third kappa shape index (κ3) is 3.51. The molecule has 0 aliphatic carbocycles. The summed E-state index contributed by atoms with van der Waals surface area (Å²) in [6, 6.07) is 3.48. The molecule has 0 atom stereocenters. The number of nitriles is 1. The van der Waals surface area contributed by atoms with E-state index < -0.39 is 0 Å². The summed E-state index contributed by atoms with van der Waals surface area (Å²) in [5.41, 5.74) is 0. The van der Waals surface area contributed by atoms with Crippen LogP contribution in [0.1, 0.15) is 0 Å². The first-order chi connectivity index (χ1) is 4.39. The molecule has 0 aromatic carbocycles. The van der Waals surface area contributed by atoms with Gasteiger partial charge in [0, 0.05) is 24.0 Å². The van der Waals surface area contributed by atoms with Gasteiger partial charge in [0.1, 0.15) is 0 Å². The second-order valence-electron chi connectivity index (χ2n) is 1.17. The number of halogens is 1. The fraction of sp³-hybridized carbons (Fsp3) is 0. The molecular weight excluding hydrogens is 136 g/mol. The summed E-state index contributed by atoms with van der Waals surface area (Å²) in [5.74, 6) is 0. The van der Waals surface area contributed by atoms with Crippen LogP contribution >= 0.6 is 11.6 Å². The molecule has 0 aliphatic rings. The summed E-state index contributed by atoms with van der Waals surface area (Å²) in [5, 5.41) is 7.23. The third-order valence-corrected chi connectivity index (χ3v) is 0.892. The highest BCUT2D eigenvalue weighted by molar-refractivity contribution is 6.30. The molecule has 0 unspecified atom stereocenters. The molecule has 0 fully saturated rings. The number of pyridine rings is 1. The van der Waals surface area contributed by atoms with Gasteiger partial charge in [-0.3, -0.25) is 4.98 Å². The molecule has 0 saturated carbocycles. The number of hydrogen-bond donors (Lipinski definition) is 0. The predicted octanol–water partition coefficient (Wildman–Crippen LogP) is 1.87. The first-order valence-electron chi connectivity index (χ1n) is 2.21. The van der Waals surface area contributed by atoms with Crippen LogP contribution in [-0.4, -0.2) is 4.98 Å². The fourth-order valence-corrected chi connectivity index (χ4v) is 0.446. The Kier molecular flexibility index (Phi) is 4.47. The van der Waals surface area contributed by atoms with Crippen molar-refractivity contribution >= 4 is 11.6 Å². The van der Waals surface area contributed by atoms with Crippen LogP contribution in [-0.2, 0) is 0 Å². The van der Waals surface area contributed by atoms with Crippen molar-refractivity contribution in [1.82, 2.24) is 4.98 Å². The van der Waals surface area contributed by atoms with Crippen LogP contribution in [0.5, 0.6) is 0 Å². The second-order valence-corrected chi connectivity index (χ2v) is 1.60. The third-order valence-electron chi connectivity index (χ3n) is 0.640. The van der Waals surface area contributed by atoms with E-state index >= 15 is 0 Å². The fourth-order valence-electron chi connectivity index (χ4n) is 0.334. The Labute approximate surface area is 58.7 Å². The highest BCUT2D eigenvalue weighted by atomic mass is 35.5. The van der Waals surface area contributed by atoms with Gasteiger partial charge < -0.3 is 0 Å². The quantitative estimate of drug-likeness (QED) is 0.552. The van der Waals surface area contributed by atoms with Gasteiger partial charge in [-0.25, -0.2) is 5.26 Å². The van der Waals surface area contributed by atoms with E-state index in [-0.39, 0.29) is 0 Å². The Balaban J connectivity index is 0.000000291. The van der Waals surface area contributed by atoms with Crippen LogP contribution in [0.4, 0.5) is 0 Å². The maximum absolute atomic E-state index is 6.50. The molecule has 0 bridgehead atoms. The summed E-state index contributed by atoms with van der Waals surface area (Å²) < 4.78 is 0. The lowest BCUT2D eigenvalue weighted by atomic mass is 10.5. The van der Waals surface area contributed by atoms with Gasteiger partial charge in [0.15, 0.2) is 0 Å². The lowest BCUT2D eigenvalue weighted by molar-refractivity contribution is 1.33. The Morgan fingerprint density at radius 3 is 2.00 bits per heavy atom. The molecule has 0 spiro atoms. The predicted molar refractivity (Wildman–Crippen MR) is 35.9 cm³/mol. The largest absolute Gasteiger partial charge is 0.265 e. The Bertz CT molecular complexity index is 171. The normalized spacial score (nSPS) is 7.00. The summed E-state index contributed by atoms with van der Waals surface area (Å²) in [4.78, 5) is 3.76. The summed E-state index contributed by atoms with van der Waals surface area (Å²) >= 11 is 5.50. The monoisotopic (exact) mass is 140 g/mol. The van der Waals surface area contributed by atoms with Gasteiger partial charge in [0.05, 0.1) is 0 Å². The summed E-state index contributed by atoms with van der Waals surface area (Å²) in [6.45, 7) is 3.50. The number of rotatable bonds is 0. The standard InChI is InChI=1S/C5H4ClN.CHN/c6-5-1-3-7-4-2-5;1-2/h1-4H;1H. The molecule has 9 heavy (non-hydrogen) atoms. The van der Waals surface area contributed by atoms with E-state index in [0.717, 1.165) is 5.02 Å². The molecule has 1 rings (SSSR count). The van der Waals surface area contributed by atoms with Crippen LogP contribution < -0.4 is 0 Å². The van der Waals surface area contributed by atoms with Gasteiger partial charge in [-0.1, -0.05) is 11.6 Å². The zero-order valence-electron chi connectivity index (χ0n) is 4.66. The van der Waals surface area contributed by atoms with Crippen molar-refractivity contribution in [2.24, 2.45) is 0 Å². The molecule has 0 aliphatic heterocycles. The van der Waals surface area contributed by atoms with E-state index in [2.05, 4.69) is 11.6 Å². The molecule has 1 aromatic rings. The highest BCUT2D eigenvalue weighted by Crippen LogP contribution is 2.01. The van der Waals surface area contributed by atoms with Crippen molar-refractivity contribution in [3.63, 3.8) is 0 Å². The Morgan fingerprint density at radius 2 is 1.78 bits per heavy atom. The lowest BCUT2D eigenvalue weighted by Crippen LogP contribution is -1.63. The number of hydrogen-bond acceptors (Lipinski definition) is 2. The molecule has 0 saturated heterocycles. The van der Waals surface area contributed by atoms with Gasteiger partial charge in [-0.15, -0.1) is 0 Å². The maximum Gasteiger partial charge on any atom is 0.0462 e. The summed E-state index contributed by atoms with van der Waals surface area (Å²) in [6.07, 6.45) is 3.31. The SMILES string of the molecule is C#N.Clc1ccncc1. The van der Waals surface area contributed by atoms with Gasteiger partial charge >= 0.3 is 0 Å². The Morgan fingerprint density at radius 1 is 1.33 bits per heavy atom. The Hall–Kier alpha value is -1.07. The first-order valence-corrected chi connectivity index (χ1v) is 2.59. The maximum atomic E-state index is 6.50. The second kappa shape index (κ2) is 5.07. The van der Waals surface area contributed by atoms with Gasteiger partial charge in [-0.05, 0) is 12.1 Å². The molecule has 0 N–H and O–H groups in total. The molecule has 1 aromatic heterocycles. The van der Waals surface area contributed by atoms with Crippen molar-refractivity contribution in [2.45, 2.75) is 0 Å². The molecular formula is C6H5ClN2. The first kappa shape index (κ1) is 7.93. The molecule has 2 nitrogen and oxygen atoms in total. The van der Waals surface area contributed by atoms with Crippen LogP contribution in [0.15, 0.2) is 24.5 Å². The van der Waals surface area contributed by atoms with Crippen LogP contribution in [0, 0.1) is 11.8 Å². The van der Waals surface area contributed by atoms with Gasteiger partial charge in [0.2, 0.25) is 0 Å². The van der Waals surface area contributed by atoms with Crippen molar-refractivity contribution in [3.8, 4) is 6.57 Å². The van der Waals surface area contributed by atoms with Gasteiger partial charge in [0.25, 0.3) is 0 Å². The van der Waals surface area contributed by atoms with Crippen LogP contribution in [0.2, 0.25) is 5.02 Å². The van der Waals surface area contributed by atoms with Crippen molar-refractivity contribution in [1.29, 1.82) is 5.26 Å². The van der Waals surface area contributed by atoms with Crippen LogP contribution in [0.3, 0.4) is 0 Å². The number of nitrogens with zero attached hydrogens (tertiary/aromatic N) is 2. The van der Waals surface area contributed by atoms with E-state index in [1.807, 2.05) is 0 Å². The minimum atomic E-state index is 0.731. The molecule has 46 valence electrons. The van der Waals surface area contributed by atoms with Crippen molar-refractivity contribution in [2.75, 3.05) is 0 Å². The van der Waals surface area contributed by atoms with Crippen LogP contribution in [0.25, 0.3) is 0 Å². The minimum Gasteiger partial charge on any atom is -0.265 e. The number of aromatic nitrogens is 1. The van der Waals surface area contributed by atoms with E-state index in [4.69, 9.17) is 16.9 Å². The summed E-state index contributed by atoms with van der Waals surface area (Å²) in [7, 11) is 0. The zero-order chi connectivity index (χ0) is 7.11. The average molecular weight is 141 g/mol. The van der Waals surface area contributed by atoms with Crippen molar-refractivity contribution < 1.29 is 0 Å². The minimum absolute atomic E-state index is 0.731. The zero-order valence-corrected chi connectivity index (χ0v) is 5.42. The smallest absolute Gasteiger partial charge is 0.0462 e. The molecule has 0 amide bonds. The van der Waals surface area contributed by atoms with E-state index in [1.165, 1.54) is 0 Å². The highest BCUT2D eigenvalue weighted by Gasteiger charge is 1.75. The molecule has 1 heterocycles. The van der Waals surface area contributed by atoms with Crippen molar-refractivity contribution in [3.05, 3.63) is 29.5 Å². The van der Waals surface area contributed by atoms with E-state index in [1.54, 1.807) is 24.5 Å². The topological polar surface area (TPSA) is 36.7 Å². The van der Waals surface area contributed by atoms with E-state index in [9.17, 15) is 0 Å². The van der Waals surface area contributed by atoms with Gasteiger partial charge in [-0.2, -0.15) is 0 Å². The lowest BCUT2D eigenvalue weighted by Gasteiger charge is -1.79. The average Bonchev–Trinajstić information content (AvgIpc) is 1.94. The molecule has 3 heteroatoms. The molecule has 0 radical (unpaired) electrons.